The maximum absolute atomic E-state index is 12.9. The number of amides is 1. The van der Waals surface area contributed by atoms with Gasteiger partial charge >= 0.3 is 5.97 Å². The summed E-state index contributed by atoms with van der Waals surface area (Å²) in [6, 6.07) is 8.10. The summed E-state index contributed by atoms with van der Waals surface area (Å²) >= 11 is 0. The summed E-state index contributed by atoms with van der Waals surface area (Å²) in [4.78, 5) is 36.2. The minimum Gasteiger partial charge on any atom is -0.481 e. The number of aliphatic carboxylic acids is 1. The van der Waals surface area contributed by atoms with Crippen molar-refractivity contribution in [2.45, 2.75) is 65.6 Å². The highest BCUT2D eigenvalue weighted by atomic mass is 32.2. The predicted octanol–water partition coefficient (Wildman–Crippen LogP) is 0.956. The lowest BCUT2D eigenvalue weighted by Gasteiger charge is -2.32. The molecule has 1 amide bonds. The number of nitrogens with one attached hydrogen (secondary N) is 2. The van der Waals surface area contributed by atoms with Crippen molar-refractivity contribution in [1.29, 1.82) is 0 Å². The van der Waals surface area contributed by atoms with Crippen LogP contribution in [0.1, 0.15) is 47.1 Å². The maximum Gasteiger partial charge on any atom is 0.309 e. The average molecular weight is 500 g/mol. The lowest BCUT2D eigenvalue weighted by atomic mass is 9.79. The van der Waals surface area contributed by atoms with Crippen molar-refractivity contribution in [3.05, 3.63) is 35.9 Å². The number of benzene rings is 1. The van der Waals surface area contributed by atoms with Gasteiger partial charge in [-0.15, -0.1) is 0 Å². The van der Waals surface area contributed by atoms with Gasteiger partial charge in [0.1, 0.15) is 5.78 Å². The summed E-state index contributed by atoms with van der Waals surface area (Å²) < 4.78 is 28.6. The van der Waals surface area contributed by atoms with Gasteiger partial charge in [0, 0.05) is 13.6 Å². The largest absolute Gasteiger partial charge is 0.481 e. The fraction of sp³-hybridized carbons (Fsp3) is 0.609. The van der Waals surface area contributed by atoms with E-state index in [1.54, 1.807) is 24.3 Å². The van der Waals surface area contributed by atoms with Gasteiger partial charge in [-0.25, -0.2) is 0 Å². The van der Waals surface area contributed by atoms with Crippen molar-refractivity contribution >= 4 is 27.9 Å². The lowest BCUT2D eigenvalue weighted by Crippen LogP contribution is -2.56. The topological polar surface area (TPSA) is 153 Å². The molecule has 0 saturated heterocycles. The highest BCUT2D eigenvalue weighted by Gasteiger charge is 2.40. The number of hydrogen-bond donors (Lipinski definition) is 4. The van der Waals surface area contributed by atoms with Crippen molar-refractivity contribution < 1.29 is 33.0 Å². The number of nitrogens with zero attached hydrogens (tertiary/aromatic N) is 1. The van der Waals surface area contributed by atoms with Crippen LogP contribution in [0.5, 0.6) is 0 Å². The van der Waals surface area contributed by atoms with Gasteiger partial charge in [0.25, 0.3) is 10.2 Å². The Kier molecular flexibility index (Phi) is 9.95. The Balaban J connectivity index is 3.11. The van der Waals surface area contributed by atoms with E-state index in [0.717, 1.165) is 9.87 Å². The molecule has 10 nitrogen and oxygen atoms in total. The normalized spacial score (nSPS) is 15.4. The number of rotatable bonds is 13. The summed E-state index contributed by atoms with van der Waals surface area (Å²) in [6.45, 7) is 8.11. The SMILES string of the molecule is CC(=O)C(C)(C)NS(=O)(=O)N(C)C[C@@H](O)[C@H](Cc1ccccc1)NC(=O)C(C)C(C)(C)C(=O)O. The molecule has 0 aliphatic heterocycles. The molecule has 1 unspecified atom stereocenters. The number of Topliss-reactive ketones (excluding diaryl/α,β-unsaturated/α-hetero) is 1. The van der Waals surface area contributed by atoms with E-state index in [2.05, 4.69) is 10.0 Å². The zero-order chi connectivity index (χ0) is 26.5. The Hall–Kier alpha value is -2.34. The third-order valence-electron chi connectivity index (χ3n) is 6.24. The van der Waals surface area contributed by atoms with Crippen LogP contribution in [0.2, 0.25) is 0 Å². The first-order valence-electron chi connectivity index (χ1n) is 10.9. The van der Waals surface area contributed by atoms with E-state index in [4.69, 9.17) is 0 Å². The highest BCUT2D eigenvalue weighted by molar-refractivity contribution is 7.87. The molecule has 0 aliphatic rings. The van der Waals surface area contributed by atoms with Gasteiger partial charge in [-0.3, -0.25) is 14.4 Å². The molecule has 0 saturated carbocycles. The Morgan fingerprint density at radius 3 is 2.09 bits per heavy atom. The van der Waals surface area contributed by atoms with Gasteiger partial charge in [-0.2, -0.15) is 17.4 Å². The smallest absolute Gasteiger partial charge is 0.309 e. The number of carbonyl (C=O) groups excluding carboxylic acids is 2. The van der Waals surface area contributed by atoms with Crippen LogP contribution in [0.15, 0.2) is 30.3 Å². The van der Waals surface area contributed by atoms with Crippen molar-refractivity contribution in [3.63, 3.8) is 0 Å². The number of aliphatic hydroxyl groups excluding tert-OH is 1. The first kappa shape index (κ1) is 29.7. The summed E-state index contributed by atoms with van der Waals surface area (Å²) in [5, 5.41) is 23.1. The van der Waals surface area contributed by atoms with Crippen LogP contribution in [-0.4, -0.2) is 71.9 Å². The molecule has 4 N–H and O–H groups in total. The number of ketones is 1. The molecule has 0 heterocycles. The fourth-order valence-electron chi connectivity index (χ4n) is 2.93. The van der Waals surface area contributed by atoms with Crippen LogP contribution in [0.4, 0.5) is 0 Å². The molecule has 1 aromatic carbocycles. The van der Waals surface area contributed by atoms with E-state index in [1.165, 1.54) is 48.6 Å². The molecule has 0 radical (unpaired) electrons. The number of carbonyl (C=O) groups is 3. The molecule has 0 bridgehead atoms. The van der Waals surface area contributed by atoms with Crippen molar-refractivity contribution in [3.8, 4) is 0 Å². The summed E-state index contributed by atoms with van der Waals surface area (Å²) in [6.07, 6.45) is -1.14. The standard InChI is InChI=1S/C23H37N3O7S/c1-15(22(3,4)21(30)31)20(29)24-18(13-17-11-9-8-10-12-17)19(28)14-26(7)34(32,33)25-23(5,6)16(2)27/h8-12,15,18-19,25,28H,13-14H2,1-7H3,(H,24,29)(H,30,31)/t15?,18-,19+/m0/s1. The van der Waals surface area contributed by atoms with Crippen molar-refractivity contribution in [2.75, 3.05) is 13.6 Å². The molecule has 0 spiro atoms. The summed E-state index contributed by atoms with van der Waals surface area (Å²) in [7, 11) is -2.88. The predicted molar refractivity (Wildman–Crippen MR) is 128 cm³/mol. The second-order valence-electron chi connectivity index (χ2n) is 9.69. The molecule has 0 fully saturated rings. The maximum atomic E-state index is 12.9. The second-order valence-corrected chi connectivity index (χ2v) is 11.5. The fourth-order valence-corrected chi connectivity index (χ4v) is 4.23. The van der Waals surface area contributed by atoms with Crippen LogP contribution in [-0.2, 0) is 31.0 Å². The number of likely N-dealkylation sites (N-methyl/N-ethyl adjacent to an activating group) is 1. The molecule has 34 heavy (non-hydrogen) atoms. The number of hydrogen-bond acceptors (Lipinski definition) is 6. The van der Waals surface area contributed by atoms with Crippen LogP contribution in [0.25, 0.3) is 0 Å². The zero-order valence-corrected chi connectivity index (χ0v) is 21.6. The van der Waals surface area contributed by atoms with E-state index in [9.17, 15) is 33.0 Å². The zero-order valence-electron chi connectivity index (χ0n) is 20.8. The van der Waals surface area contributed by atoms with Crippen LogP contribution in [0.3, 0.4) is 0 Å². The second kappa shape index (κ2) is 11.4. The molecular weight excluding hydrogens is 462 g/mol. The highest BCUT2D eigenvalue weighted by Crippen LogP contribution is 2.27. The van der Waals surface area contributed by atoms with Gasteiger partial charge < -0.3 is 15.5 Å². The Bertz CT molecular complexity index is 978. The first-order valence-corrected chi connectivity index (χ1v) is 12.4. The lowest BCUT2D eigenvalue weighted by molar-refractivity contribution is -0.153. The number of carboxylic acids is 1. The molecule has 0 aliphatic carbocycles. The monoisotopic (exact) mass is 499 g/mol. The molecule has 1 aromatic rings. The van der Waals surface area contributed by atoms with E-state index in [1.807, 2.05) is 6.07 Å². The van der Waals surface area contributed by atoms with Gasteiger partial charge in [0.05, 0.1) is 29.0 Å². The Morgan fingerprint density at radius 1 is 1.09 bits per heavy atom. The van der Waals surface area contributed by atoms with Crippen LogP contribution < -0.4 is 10.0 Å². The van der Waals surface area contributed by atoms with E-state index in [-0.39, 0.29) is 18.7 Å². The van der Waals surface area contributed by atoms with Gasteiger partial charge in [0.15, 0.2) is 0 Å². The van der Waals surface area contributed by atoms with Crippen molar-refractivity contribution in [2.24, 2.45) is 11.3 Å². The summed E-state index contributed by atoms with van der Waals surface area (Å²) in [5.74, 6) is -3.02. The quantitative estimate of drug-likeness (QED) is 0.315. The van der Waals surface area contributed by atoms with E-state index in [0.29, 0.717) is 0 Å². The third kappa shape index (κ3) is 7.86. The first-order chi connectivity index (χ1) is 15.4. The van der Waals surface area contributed by atoms with Crippen LogP contribution in [0, 0.1) is 11.3 Å². The van der Waals surface area contributed by atoms with E-state index < -0.39 is 51.1 Å². The molecule has 11 heteroatoms. The minimum atomic E-state index is -4.13. The van der Waals surface area contributed by atoms with Gasteiger partial charge in [-0.05, 0) is 46.6 Å². The van der Waals surface area contributed by atoms with Gasteiger partial charge in [0.2, 0.25) is 5.91 Å². The molecule has 192 valence electrons. The third-order valence-corrected chi connectivity index (χ3v) is 7.97. The molecule has 3 atom stereocenters. The van der Waals surface area contributed by atoms with Crippen molar-refractivity contribution in [1.82, 2.24) is 14.3 Å². The number of aliphatic hydroxyl groups is 1. The Labute approximate surface area is 201 Å². The molecule has 1 rings (SSSR count). The van der Waals surface area contributed by atoms with Crippen LogP contribution >= 0.6 is 0 Å². The minimum absolute atomic E-state index is 0.189. The molecular formula is C23H37N3O7S. The van der Waals surface area contributed by atoms with E-state index >= 15 is 0 Å². The average Bonchev–Trinajstić information content (AvgIpc) is 2.72. The molecule has 0 aromatic heterocycles. The summed E-state index contributed by atoms with van der Waals surface area (Å²) in [5.41, 5.74) is -1.90. The van der Waals surface area contributed by atoms with Gasteiger partial charge in [-0.1, -0.05) is 37.3 Å². The number of carboxylic acid groups (broad SMARTS) is 1. The Morgan fingerprint density at radius 2 is 1.62 bits per heavy atom.